The molecule has 6 rings (SSSR count). The van der Waals surface area contributed by atoms with Crippen LogP contribution in [0.15, 0.2) is 29.0 Å². The molecule has 26 heavy (non-hydrogen) atoms. The second-order valence-electron chi connectivity index (χ2n) is 8.72. The van der Waals surface area contributed by atoms with Gasteiger partial charge in [-0.2, -0.15) is 0 Å². The third kappa shape index (κ3) is 2.48. The number of rotatable bonds is 4. The van der Waals surface area contributed by atoms with Gasteiger partial charge in [-0.3, -0.25) is 4.79 Å². The van der Waals surface area contributed by atoms with E-state index in [2.05, 4.69) is 27.3 Å². The first kappa shape index (κ1) is 15.2. The fourth-order valence-electron chi connectivity index (χ4n) is 4.87. The van der Waals surface area contributed by atoms with Gasteiger partial charge in [0.1, 0.15) is 5.52 Å². The van der Waals surface area contributed by atoms with Gasteiger partial charge >= 0.3 is 0 Å². The molecule has 4 aliphatic rings. The van der Waals surface area contributed by atoms with Crippen LogP contribution in [0.25, 0.3) is 11.1 Å². The molecule has 1 saturated heterocycles. The van der Waals surface area contributed by atoms with Crippen molar-refractivity contribution in [2.45, 2.75) is 56.7 Å². The van der Waals surface area contributed by atoms with Gasteiger partial charge in [0, 0.05) is 24.5 Å². The van der Waals surface area contributed by atoms with E-state index in [0.29, 0.717) is 29.8 Å². The number of piperazine rings is 1. The van der Waals surface area contributed by atoms with Gasteiger partial charge in [-0.15, -0.1) is 0 Å². The van der Waals surface area contributed by atoms with Crippen molar-refractivity contribution in [2.24, 2.45) is 17.8 Å². The summed E-state index contributed by atoms with van der Waals surface area (Å²) in [5.41, 5.74) is 2.92. The predicted octanol–water partition coefficient (Wildman–Crippen LogP) is 3.27. The van der Waals surface area contributed by atoms with Crippen molar-refractivity contribution >= 4 is 17.0 Å². The van der Waals surface area contributed by atoms with Crippen LogP contribution in [0.4, 0.5) is 0 Å². The van der Waals surface area contributed by atoms with Crippen LogP contribution in [0.5, 0.6) is 0 Å². The van der Waals surface area contributed by atoms with Gasteiger partial charge in [-0.05, 0) is 68.1 Å². The summed E-state index contributed by atoms with van der Waals surface area (Å²) in [6.45, 7) is 0.964. The Balaban J connectivity index is 1.44. The van der Waals surface area contributed by atoms with E-state index in [-0.39, 0.29) is 12.0 Å². The summed E-state index contributed by atoms with van der Waals surface area (Å²) >= 11 is 0. The maximum Gasteiger partial charge on any atom is 0.226 e. The highest BCUT2D eigenvalue weighted by molar-refractivity contribution is 5.82. The van der Waals surface area contributed by atoms with E-state index in [4.69, 9.17) is 4.42 Å². The molecule has 1 aromatic carbocycles. The summed E-state index contributed by atoms with van der Waals surface area (Å²) in [5.74, 6) is 2.05. The average molecular weight is 351 g/mol. The lowest BCUT2D eigenvalue weighted by Crippen LogP contribution is -2.61. The first-order chi connectivity index (χ1) is 12.8. The molecule has 1 amide bonds. The van der Waals surface area contributed by atoms with Crippen molar-refractivity contribution in [3.8, 4) is 0 Å². The molecule has 1 N–H and O–H groups in total. The van der Waals surface area contributed by atoms with Crippen LogP contribution in [0.1, 0.15) is 50.1 Å². The minimum absolute atomic E-state index is 0.129. The number of carbonyl (C=O) groups is 1. The standard InChI is InChI=1S/C21H25N3O2/c25-21(14-5-6-14)24-17(12-1-2-12)10-22-19(13-3-4-13)20(24)15-7-8-16-18(9-15)26-11-23-16/h7-9,11-14,17,19-20,22H,1-6,10H2. The summed E-state index contributed by atoms with van der Waals surface area (Å²) in [6, 6.07) is 7.17. The van der Waals surface area contributed by atoms with Crippen LogP contribution in [0.3, 0.4) is 0 Å². The normalized spacial score (nSPS) is 32.2. The molecule has 0 radical (unpaired) electrons. The Labute approximate surface area is 153 Å². The second-order valence-corrected chi connectivity index (χ2v) is 8.72. The van der Waals surface area contributed by atoms with E-state index in [1.807, 2.05) is 6.07 Å². The van der Waals surface area contributed by atoms with E-state index in [1.54, 1.807) is 0 Å². The fourth-order valence-corrected chi connectivity index (χ4v) is 4.87. The number of oxazole rings is 1. The van der Waals surface area contributed by atoms with Crippen molar-refractivity contribution in [2.75, 3.05) is 6.54 Å². The lowest BCUT2D eigenvalue weighted by Gasteiger charge is -2.48. The number of benzene rings is 1. The summed E-state index contributed by atoms with van der Waals surface area (Å²) in [4.78, 5) is 19.9. The van der Waals surface area contributed by atoms with E-state index < -0.39 is 0 Å². The molecule has 3 aliphatic carbocycles. The van der Waals surface area contributed by atoms with Crippen molar-refractivity contribution in [3.05, 3.63) is 30.2 Å². The Hall–Kier alpha value is -1.88. The van der Waals surface area contributed by atoms with Gasteiger partial charge in [-0.1, -0.05) is 6.07 Å². The Morgan fingerprint density at radius 3 is 2.65 bits per heavy atom. The van der Waals surface area contributed by atoms with E-state index in [0.717, 1.165) is 30.5 Å². The molecule has 4 fully saturated rings. The number of nitrogens with one attached hydrogen (secondary N) is 1. The maximum atomic E-state index is 13.4. The zero-order valence-corrected chi connectivity index (χ0v) is 14.9. The molecular weight excluding hydrogens is 326 g/mol. The number of fused-ring (bicyclic) bond motifs is 1. The first-order valence-corrected chi connectivity index (χ1v) is 10.2. The van der Waals surface area contributed by atoms with Crippen LogP contribution in [0.2, 0.25) is 0 Å². The lowest BCUT2D eigenvalue weighted by atomic mass is 9.88. The summed E-state index contributed by atoms with van der Waals surface area (Å²) in [6.07, 6.45) is 8.73. The summed E-state index contributed by atoms with van der Waals surface area (Å²) < 4.78 is 5.57. The van der Waals surface area contributed by atoms with E-state index >= 15 is 0 Å². The third-order valence-corrected chi connectivity index (χ3v) is 6.73. The number of nitrogens with zero attached hydrogens (tertiary/aromatic N) is 2. The quantitative estimate of drug-likeness (QED) is 0.918. The van der Waals surface area contributed by atoms with Gasteiger partial charge in [0.15, 0.2) is 12.0 Å². The number of hydrogen-bond donors (Lipinski definition) is 1. The number of aromatic nitrogens is 1. The van der Waals surface area contributed by atoms with Crippen molar-refractivity contribution < 1.29 is 9.21 Å². The molecule has 0 spiro atoms. The number of amides is 1. The molecular formula is C21H25N3O2. The van der Waals surface area contributed by atoms with Gasteiger partial charge in [0.2, 0.25) is 5.91 Å². The Kier molecular flexibility index (Phi) is 3.25. The van der Waals surface area contributed by atoms with Gasteiger partial charge in [0.05, 0.1) is 6.04 Å². The van der Waals surface area contributed by atoms with E-state index in [1.165, 1.54) is 37.6 Å². The number of carbonyl (C=O) groups excluding carboxylic acids is 1. The van der Waals surface area contributed by atoms with E-state index in [9.17, 15) is 4.79 Å². The Morgan fingerprint density at radius 1 is 1.12 bits per heavy atom. The monoisotopic (exact) mass is 351 g/mol. The van der Waals surface area contributed by atoms with Gasteiger partial charge in [-0.25, -0.2) is 4.98 Å². The average Bonchev–Trinajstić information content (AvgIpc) is 3.53. The van der Waals surface area contributed by atoms with Crippen LogP contribution >= 0.6 is 0 Å². The van der Waals surface area contributed by atoms with Crippen molar-refractivity contribution in [1.82, 2.24) is 15.2 Å². The molecule has 0 bridgehead atoms. The van der Waals surface area contributed by atoms with Crippen LogP contribution < -0.4 is 5.32 Å². The Bertz CT molecular complexity index is 850. The lowest BCUT2D eigenvalue weighted by molar-refractivity contribution is -0.141. The zero-order chi connectivity index (χ0) is 17.3. The highest BCUT2D eigenvalue weighted by Crippen LogP contribution is 2.48. The Morgan fingerprint density at radius 2 is 1.92 bits per heavy atom. The highest BCUT2D eigenvalue weighted by Gasteiger charge is 2.52. The maximum absolute atomic E-state index is 13.4. The summed E-state index contributed by atoms with van der Waals surface area (Å²) in [7, 11) is 0. The molecule has 136 valence electrons. The minimum atomic E-state index is 0.129. The molecule has 1 aromatic heterocycles. The second kappa shape index (κ2) is 5.56. The van der Waals surface area contributed by atoms with Crippen LogP contribution in [-0.4, -0.2) is 34.4 Å². The number of hydrogen-bond acceptors (Lipinski definition) is 4. The largest absolute Gasteiger partial charge is 0.443 e. The molecule has 5 heteroatoms. The predicted molar refractivity (Wildman–Crippen MR) is 97.3 cm³/mol. The molecule has 5 nitrogen and oxygen atoms in total. The first-order valence-electron chi connectivity index (χ1n) is 10.2. The molecule has 3 unspecified atom stereocenters. The minimum Gasteiger partial charge on any atom is -0.443 e. The molecule has 3 atom stereocenters. The van der Waals surface area contributed by atoms with Gasteiger partial charge in [0.25, 0.3) is 0 Å². The molecule has 2 aromatic rings. The van der Waals surface area contributed by atoms with Crippen molar-refractivity contribution in [3.63, 3.8) is 0 Å². The summed E-state index contributed by atoms with van der Waals surface area (Å²) in [5, 5.41) is 3.85. The smallest absolute Gasteiger partial charge is 0.226 e. The van der Waals surface area contributed by atoms with Crippen LogP contribution in [-0.2, 0) is 4.79 Å². The third-order valence-electron chi connectivity index (χ3n) is 6.73. The topological polar surface area (TPSA) is 58.4 Å². The fraction of sp³-hybridized carbons (Fsp3) is 0.619. The molecule has 1 aliphatic heterocycles. The van der Waals surface area contributed by atoms with Gasteiger partial charge < -0.3 is 14.6 Å². The molecule has 3 saturated carbocycles. The zero-order valence-electron chi connectivity index (χ0n) is 14.9. The highest BCUT2D eigenvalue weighted by atomic mass is 16.3. The van der Waals surface area contributed by atoms with Crippen LogP contribution in [0, 0.1) is 17.8 Å². The van der Waals surface area contributed by atoms with Crippen molar-refractivity contribution in [1.29, 1.82) is 0 Å². The SMILES string of the molecule is O=C(C1CC1)N1C(C2CC2)CNC(C2CC2)C1c1ccc2ncoc2c1. The molecule has 2 heterocycles.